The van der Waals surface area contributed by atoms with Gasteiger partial charge >= 0.3 is 7.12 Å². The van der Waals surface area contributed by atoms with E-state index >= 15 is 0 Å². The van der Waals surface area contributed by atoms with Crippen molar-refractivity contribution in [3.8, 4) is 33.4 Å². The molecule has 4 heteroatoms. The van der Waals surface area contributed by atoms with E-state index in [9.17, 15) is 10.0 Å². The van der Waals surface area contributed by atoms with Crippen molar-refractivity contribution in [3.63, 3.8) is 0 Å². The molecule has 0 aliphatic heterocycles. The molecule has 0 radical (unpaired) electrons. The number of nitrogens with zero attached hydrogens (tertiary/aromatic N) is 1. The maximum absolute atomic E-state index is 9.80. The SMILES string of the molecule is OB(O)c1ccc(N(c2ccc(-c3ccccc3)c(-c3ccc4ccccc4c3)c2)c2ccccc2-c2ccccc2)cc1. The van der Waals surface area contributed by atoms with Crippen LogP contribution in [-0.4, -0.2) is 17.2 Å². The standard InChI is InChI=1S/C40H30BNO2/c43-41(44)34-21-23-35(24-22-34)42(40-18-10-9-17-38(40)31-14-5-2-6-15-31)36-25-26-37(30-12-3-1-4-13-30)39(28-36)33-20-19-29-11-7-8-16-32(29)27-33/h1-28,43-44H. The Hall–Kier alpha value is -5.42. The molecule has 0 aliphatic rings. The fourth-order valence-electron chi connectivity index (χ4n) is 5.89. The van der Waals surface area contributed by atoms with Gasteiger partial charge in [-0.2, -0.15) is 0 Å². The van der Waals surface area contributed by atoms with Gasteiger partial charge in [0.2, 0.25) is 0 Å². The van der Waals surface area contributed by atoms with E-state index in [1.807, 2.05) is 24.3 Å². The van der Waals surface area contributed by atoms with Gasteiger partial charge in [-0.15, -0.1) is 0 Å². The highest BCUT2D eigenvalue weighted by molar-refractivity contribution is 6.58. The monoisotopic (exact) mass is 567 g/mol. The highest BCUT2D eigenvalue weighted by Crippen LogP contribution is 2.44. The van der Waals surface area contributed by atoms with Crippen LogP contribution in [0.15, 0.2) is 170 Å². The van der Waals surface area contributed by atoms with E-state index < -0.39 is 7.12 Å². The summed E-state index contributed by atoms with van der Waals surface area (Å²) >= 11 is 0. The lowest BCUT2D eigenvalue weighted by molar-refractivity contribution is 0.426. The van der Waals surface area contributed by atoms with Crippen LogP contribution in [0.5, 0.6) is 0 Å². The molecule has 7 aromatic rings. The van der Waals surface area contributed by atoms with E-state index in [0.717, 1.165) is 50.4 Å². The average Bonchev–Trinajstić information content (AvgIpc) is 3.09. The molecule has 2 N–H and O–H groups in total. The summed E-state index contributed by atoms with van der Waals surface area (Å²) in [6, 6.07) is 58.5. The number of benzene rings is 7. The predicted octanol–water partition coefficient (Wildman–Crippen LogP) is 8.99. The molecule has 7 rings (SSSR count). The van der Waals surface area contributed by atoms with E-state index in [2.05, 4.69) is 138 Å². The van der Waals surface area contributed by atoms with Crippen LogP contribution in [0.2, 0.25) is 0 Å². The van der Waals surface area contributed by atoms with Crippen molar-refractivity contribution in [1.82, 2.24) is 0 Å². The van der Waals surface area contributed by atoms with E-state index in [1.54, 1.807) is 12.1 Å². The Bertz CT molecular complexity index is 2040. The van der Waals surface area contributed by atoms with Crippen molar-refractivity contribution in [2.75, 3.05) is 4.90 Å². The van der Waals surface area contributed by atoms with Crippen molar-refractivity contribution in [2.45, 2.75) is 0 Å². The second-order valence-electron chi connectivity index (χ2n) is 10.8. The van der Waals surface area contributed by atoms with Gasteiger partial charge in [0.1, 0.15) is 0 Å². The summed E-state index contributed by atoms with van der Waals surface area (Å²) in [4.78, 5) is 2.25. The third-order valence-electron chi connectivity index (χ3n) is 8.09. The first-order chi connectivity index (χ1) is 21.7. The highest BCUT2D eigenvalue weighted by atomic mass is 16.4. The summed E-state index contributed by atoms with van der Waals surface area (Å²) in [6.07, 6.45) is 0. The first kappa shape index (κ1) is 27.4. The third-order valence-corrected chi connectivity index (χ3v) is 8.09. The lowest BCUT2D eigenvalue weighted by atomic mass is 9.80. The Morgan fingerprint density at radius 3 is 1.68 bits per heavy atom. The molecule has 0 aromatic heterocycles. The number of para-hydroxylation sites is 1. The zero-order valence-electron chi connectivity index (χ0n) is 24.1. The van der Waals surface area contributed by atoms with Crippen LogP contribution in [0, 0.1) is 0 Å². The molecular formula is C40H30BNO2. The molecular weight excluding hydrogens is 537 g/mol. The molecule has 0 bridgehead atoms. The Balaban J connectivity index is 1.47. The number of anilines is 3. The Morgan fingerprint density at radius 2 is 0.977 bits per heavy atom. The molecule has 3 nitrogen and oxygen atoms in total. The Labute approximate surface area is 258 Å². The lowest BCUT2D eigenvalue weighted by Crippen LogP contribution is -2.29. The van der Waals surface area contributed by atoms with Gasteiger partial charge in [0.25, 0.3) is 0 Å². The third kappa shape index (κ3) is 5.40. The van der Waals surface area contributed by atoms with Crippen molar-refractivity contribution < 1.29 is 10.0 Å². The Morgan fingerprint density at radius 1 is 0.386 bits per heavy atom. The van der Waals surface area contributed by atoms with Crippen LogP contribution in [0.1, 0.15) is 0 Å². The van der Waals surface area contributed by atoms with Crippen LogP contribution in [0.3, 0.4) is 0 Å². The van der Waals surface area contributed by atoms with E-state index in [4.69, 9.17) is 0 Å². The van der Waals surface area contributed by atoms with E-state index in [-0.39, 0.29) is 0 Å². The zero-order valence-corrected chi connectivity index (χ0v) is 24.1. The van der Waals surface area contributed by atoms with E-state index in [0.29, 0.717) is 5.46 Å². The van der Waals surface area contributed by atoms with Crippen LogP contribution >= 0.6 is 0 Å². The summed E-state index contributed by atoms with van der Waals surface area (Å²) in [5, 5.41) is 22.0. The van der Waals surface area contributed by atoms with Gasteiger partial charge in [0.05, 0.1) is 5.69 Å². The molecule has 0 unspecified atom stereocenters. The molecule has 0 amide bonds. The largest absolute Gasteiger partial charge is 0.488 e. The van der Waals surface area contributed by atoms with E-state index in [1.165, 1.54) is 10.8 Å². The molecule has 44 heavy (non-hydrogen) atoms. The van der Waals surface area contributed by atoms with Gasteiger partial charge in [-0.05, 0) is 80.5 Å². The molecule has 0 aliphatic carbocycles. The van der Waals surface area contributed by atoms with Crippen LogP contribution in [0.4, 0.5) is 17.1 Å². The molecule has 0 heterocycles. The topological polar surface area (TPSA) is 43.7 Å². The average molecular weight is 567 g/mol. The molecule has 0 spiro atoms. The summed E-state index contributed by atoms with van der Waals surface area (Å²) in [6.45, 7) is 0. The number of hydrogen-bond donors (Lipinski definition) is 2. The van der Waals surface area contributed by atoms with Crippen molar-refractivity contribution in [1.29, 1.82) is 0 Å². The minimum atomic E-state index is -1.53. The number of fused-ring (bicyclic) bond motifs is 1. The predicted molar refractivity (Wildman–Crippen MR) is 185 cm³/mol. The smallest absolute Gasteiger partial charge is 0.423 e. The second kappa shape index (κ2) is 12.1. The van der Waals surface area contributed by atoms with Crippen LogP contribution < -0.4 is 10.4 Å². The number of hydrogen-bond acceptors (Lipinski definition) is 3. The summed E-state index contributed by atoms with van der Waals surface area (Å²) in [5.41, 5.74) is 10.2. The van der Waals surface area contributed by atoms with Gasteiger partial charge in [-0.3, -0.25) is 0 Å². The van der Waals surface area contributed by atoms with Crippen LogP contribution in [0.25, 0.3) is 44.2 Å². The minimum absolute atomic E-state index is 0.446. The fraction of sp³-hybridized carbons (Fsp3) is 0. The molecule has 0 saturated heterocycles. The van der Waals surface area contributed by atoms with Gasteiger partial charge in [-0.1, -0.05) is 133 Å². The van der Waals surface area contributed by atoms with Gasteiger partial charge in [0.15, 0.2) is 0 Å². The highest BCUT2D eigenvalue weighted by Gasteiger charge is 2.20. The first-order valence-electron chi connectivity index (χ1n) is 14.7. The van der Waals surface area contributed by atoms with Crippen molar-refractivity contribution in [3.05, 3.63) is 170 Å². The second-order valence-corrected chi connectivity index (χ2v) is 10.8. The molecule has 7 aromatic carbocycles. The van der Waals surface area contributed by atoms with Crippen LogP contribution in [-0.2, 0) is 0 Å². The summed E-state index contributed by atoms with van der Waals surface area (Å²) in [5.74, 6) is 0. The fourth-order valence-corrected chi connectivity index (χ4v) is 5.89. The normalized spacial score (nSPS) is 11.0. The summed E-state index contributed by atoms with van der Waals surface area (Å²) in [7, 11) is -1.53. The van der Waals surface area contributed by atoms with Gasteiger partial charge < -0.3 is 14.9 Å². The Kier molecular flexibility index (Phi) is 7.52. The first-order valence-corrected chi connectivity index (χ1v) is 14.7. The molecule has 0 fully saturated rings. The minimum Gasteiger partial charge on any atom is -0.423 e. The van der Waals surface area contributed by atoms with Gasteiger partial charge in [-0.25, -0.2) is 0 Å². The maximum Gasteiger partial charge on any atom is 0.488 e. The summed E-state index contributed by atoms with van der Waals surface area (Å²) < 4.78 is 0. The lowest BCUT2D eigenvalue weighted by Gasteiger charge is -2.29. The molecule has 0 saturated carbocycles. The zero-order chi connectivity index (χ0) is 29.9. The van der Waals surface area contributed by atoms with Gasteiger partial charge in [0, 0.05) is 16.9 Å². The molecule has 0 atom stereocenters. The van der Waals surface area contributed by atoms with Crippen molar-refractivity contribution in [2.24, 2.45) is 0 Å². The quantitative estimate of drug-likeness (QED) is 0.189. The van der Waals surface area contributed by atoms with Crippen molar-refractivity contribution >= 4 is 40.4 Å². The number of rotatable bonds is 7. The maximum atomic E-state index is 9.80. The molecule has 210 valence electrons.